The van der Waals surface area contributed by atoms with Crippen LogP contribution in [0, 0.1) is 0 Å². The van der Waals surface area contributed by atoms with Crippen molar-refractivity contribution in [2.75, 3.05) is 20.0 Å². The quantitative estimate of drug-likeness (QED) is 0.567. The second kappa shape index (κ2) is 5.89. The highest BCUT2D eigenvalue weighted by Gasteiger charge is 2.20. The maximum Gasteiger partial charge on any atom is 0.231 e. The molecular weight excluding hydrogens is 346 g/mol. The number of rotatable bonds is 3. The molecule has 1 N–H and O–H groups in total. The number of aliphatic hydroxyl groups excluding tert-OH is 1. The number of fused-ring (bicyclic) bond motifs is 6. The summed E-state index contributed by atoms with van der Waals surface area (Å²) >= 11 is 0. The minimum atomic E-state index is -0.177. The zero-order chi connectivity index (χ0) is 18.5. The van der Waals surface area contributed by atoms with Crippen molar-refractivity contribution >= 4 is 21.7 Å². The summed E-state index contributed by atoms with van der Waals surface area (Å²) in [7, 11) is 1.92. The Morgan fingerprint density at radius 1 is 1.07 bits per heavy atom. The summed E-state index contributed by atoms with van der Waals surface area (Å²) in [6.45, 7) is 0.193. The lowest BCUT2D eigenvalue weighted by Gasteiger charge is -2.17. The van der Waals surface area contributed by atoms with E-state index in [0.717, 1.165) is 38.7 Å². The van der Waals surface area contributed by atoms with Gasteiger partial charge in [0.05, 0.1) is 12.1 Å². The molecular formula is C21H17NO5. The van der Waals surface area contributed by atoms with Gasteiger partial charge in [-0.1, -0.05) is 12.1 Å². The van der Waals surface area contributed by atoms with E-state index in [2.05, 4.69) is 0 Å². The van der Waals surface area contributed by atoms with Gasteiger partial charge in [0.2, 0.25) is 12.2 Å². The molecule has 0 fully saturated rings. The second-order valence-electron chi connectivity index (χ2n) is 6.55. The lowest BCUT2D eigenvalue weighted by Crippen LogP contribution is -2.14. The lowest BCUT2D eigenvalue weighted by molar-refractivity contribution is 0.174. The molecule has 6 heteroatoms. The average molecular weight is 363 g/mol. The molecule has 2 heterocycles. The molecule has 5 rings (SSSR count). The first kappa shape index (κ1) is 16.0. The predicted octanol–water partition coefficient (Wildman–Crippen LogP) is 2.90. The molecule has 0 spiro atoms. The second-order valence-corrected chi connectivity index (χ2v) is 6.55. The molecule has 2 aromatic carbocycles. The van der Waals surface area contributed by atoms with Crippen LogP contribution in [0.5, 0.6) is 17.2 Å². The molecule has 0 unspecified atom stereocenters. The SMILES string of the molecule is Cn1cc2c(=O)c(OCCO)ccc-2c2ccc3cc4c(cc3c21)OCO4. The van der Waals surface area contributed by atoms with Gasteiger partial charge in [-0.05, 0) is 35.2 Å². The van der Waals surface area contributed by atoms with Crippen LogP contribution in [0.25, 0.3) is 32.8 Å². The number of hydrogen-bond acceptors (Lipinski definition) is 5. The van der Waals surface area contributed by atoms with Crippen LogP contribution in [0.3, 0.4) is 0 Å². The Balaban J connectivity index is 1.83. The van der Waals surface area contributed by atoms with Gasteiger partial charge in [0.15, 0.2) is 17.2 Å². The Hall–Kier alpha value is -3.25. The molecule has 0 aromatic heterocycles. The van der Waals surface area contributed by atoms with E-state index in [1.165, 1.54) is 0 Å². The maximum atomic E-state index is 12.8. The van der Waals surface area contributed by atoms with E-state index in [4.69, 9.17) is 19.3 Å². The minimum Gasteiger partial charge on any atom is -0.487 e. The zero-order valence-corrected chi connectivity index (χ0v) is 14.7. The third-order valence-electron chi connectivity index (χ3n) is 4.96. The Kier molecular flexibility index (Phi) is 3.48. The highest BCUT2D eigenvalue weighted by atomic mass is 16.7. The van der Waals surface area contributed by atoms with E-state index in [9.17, 15) is 4.79 Å². The van der Waals surface area contributed by atoms with E-state index < -0.39 is 0 Å². The van der Waals surface area contributed by atoms with Gasteiger partial charge in [0, 0.05) is 29.6 Å². The fourth-order valence-electron chi connectivity index (χ4n) is 3.77. The van der Waals surface area contributed by atoms with Gasteiger partial charge < -0.3 is 23.9 Å². The van der Waals surface area contributed by atoms with Crippen LogP contribution < -0.4 is 19.6 Å². The molecule has 2 aliphatic heterocycles. The van der Waals surface area contributed by atoms with Crippen LogP contribution >= 0.6 is 0 Å². The summed E-state index contributed by atoms with van der Waals surface area (Å²) in [4.78, 5) is 12.8. The van der Waals surface area contributed by atoms with E-state index >= 15 is 0 Å². The van der Waals surface area contributed by atoms with Gasteiger partial charge >= 0.3 is 0 Å². The first-order valence-corrected chi connectivity index (χ1v) is 8.69. The first-order chi connectivity index (χ1) is 13.2. The number of pyridine rings is 1. The number of aromatic nitrogens is 1. The molecule has 0 saturated carbocycles. The minimum absolute atomic E-state index is 0.0955. The van der Waals surface area contributed by atoms with Gasteiger partial charge in [0.1, 0.15) is 6.61 Å². The van der Waals surface area contributed by atoms with Crippen molar-refractivity contribution in [2.45, 2.75) is 0 Å². The van der Waals surface area contributed by atoms with Crippen LogP contribution in [0.4, 0.5) is 0 Å². The average Bonchev–Trinajstić information content (AvgIpc) is 3.13. The van der Waals surface area contributed by atoms with Crippen LogP contribution in [-0.2, 0) is 7.05 Å². The molecule has 1 aliphatic carbocycles. The van der Waals surface area contributed by atoms with Crippen molar-refractivity contribution in [3.05, 3.63) is 52.8 Å². The Bertz CT molecular complexity index is 1230. The number of aliphatic hydroxyl groups is 1. The first-order valence-electron chi connectivity index (χ1n) is 8.69. The van der Waals surface area contributed by atoms with Crippen molar-refractivity contribution in [1.82, 2.24) is 4.57 Å². The normalized spacial score (nSPS) is 13.0. The Morgan fingerprint density at radius 3 is 2.70 bits per heavy atom. The topological polar surface area (TPSA) is 69.9 Å². The fraction of sp³-hybridized carbons (Fsp3) is 0.190. The van der Waals surface area contributed by atoms with Crippen LogP contribution in [0.1, 0.15) is 0 Å². The van der Waals surface area contributed by atoms with Gasteiger partial charge in [-0.2, -0.15) is 0 Å². The molecule has 0 bridgehead atoms. The largest absolute Gasteiger partial charge is 0.487 e. The van der Waals surface area contributed by atoms with Crippen LogP contribution in [0.2, 0.25) is 0 Å². The smallest absolute Gasteiger partial charge is 0.231 e. The van der Waals surface area contributed by atoms with Crippen molar-refractivity contribution < 1.29 is 19.3 Å². The standard InChI is InChI=1S/C21H17NO5/c1-22-10-16-13(4-5-17(21(16)24)25-7-6-23)14-3-2-12-8-18-19(27-11-26-18)9-15(12)20(14)22/h2-5,8-10,23H,6-7,11H2,1H3. The van der Waals surface area contributed by atoms with E-state index in [1.54, 1.807) is 6.07 Å². The molecule has 0 radical (unpaired) electrons. The number of hydrogen-bond donors (Lipinski definition) is 1. The zero-order valence-electron chi connectivity index (χ0n) is 14.7. The molecule has 0 atom stereocenters. The highest BCUT2D eigenvalue weighted by Crippen LogP contribution is 2.40. The maximum absolute atomic E-state index is 12.8. The van der Waals surface area contributed by atoms with Gasteiger partial charge in [-0.25, -0.2) is 0 Å². The molecule has 136 valence electrons. The lowest BCUT2D eigenvalue weighted by atomic mass is 9.96. The van der Waals surface area contributed by atoms with Gasteiger partial charge in [-0.3, -0.25) is 4.79 Å². The van der Waals surface area contributed by atoms with E-state index in [1.807, 2.05) is 48.1 Å². The fourth-order valence-corrected chi connectivity index (χ4v) is 3.77. The third kappa shape index (κ3) is 2.34. The summed E-state index contributed by atoms with van der Waals surface area (Å²) in [6, 6.07) is 11.6. The van der Waals surface area contributed by atoms with Crippen molar-refractivity contribution in [1.29, 1.82) is 0 Å². The van der Waals surface area contributed by atoms with Crippen molar-refractivity contribution in [3.63, 3.8) is 0 Å². The third-order valence-corrected chi connectivity index (χ3v) is 4.96. The number of ether oxygens (including phenoxy) is 3. The molecule has 2 aromatic rings. The summed E-state index contributed by atoms with van der Waals surface area (Å²) in [6.07, 6.45) is 1.83. The highest BCUT2D eigenvalue weighted by molar-refractivity contribution is 6.11. The number of aryl methyl sites for hydroxylation is 1. The number of nitrogens with zero attached hydrogens (tertiary/aromatic N) is 1. The summed E-state index contributed by atoms with van der Waals surface area (Å²) < 4.78 is 18.3. The molecule has 0 amide bonds. The summed E-state index contributed by atoms with van der Waals surface area (Å²) in [5, 5.41) is 12.0. The molecule has 27 heavy (non-hydrogen) atoms. The Morgan fingerprint density at radius 2 is 1.89 bits per heavy atom. The van der Waals surface area contributed by atoms with E-state index in [-0.39, 0.29) is 31.2 Å². The molecule has 6 nitrogen and oxygen atoms in total. The van der Waals surface area contributed by atoms with Crippen molar-refractivity contribution in [3.8, 4) is 28.4 Å². The van der Waals surface area contributed by atoms with Crippen molar-refractivity contribution in [2.24, 2.45) is 7.05 Å². The Labute approximate surface area is 154 Å². The van der Waals surface area contributed by atoms with Gasteiger partial charge in [-0.15, -0.1) is 0 Å². The van der Waals surface area contributed by atoms with Crippen LogP contribution in [-0.4, -0.2) is 29.7 Å². The number of benzene rings is 3. The van der Waals surface area contributed by atoms with Gasteiger partial charge in [0.25, 0.3) is 0 Å². The molecule has 3 aliphatic rings. The van der Waals surface area contributed by atoms with E-state index in [0.29, 0.717) is 5.56 Å². The monoisotopic (exact) mass is 363 g/mol. The summed E-state index contributed by atoms with van der Waals surface area (Å²) in [5.41, 5.74) is 2.29. The summed E-state index contributed by atoms with van der Waals surface area (Å²) in [5.74, 6) is 1.73. The molecule has 0 saturated heterocycles. The van der Waals surface area contributed by atoms with Crippen LogP contribution in [0.15, 0.2) is 47.4 Å². The predicted molar refractivity (Wildman–Crippen MR) is 102 cm³/mol.